The van der Waals surface area contributed by atoms with E-state index in [1.165, 1.54) is 6.21 Å². The Hall–Kier alpha value is -3.05. The molecular formula is C22H15BrIN3O4. The van der Waals surface area contributed by atoms with Crippen LogP contribution in [0.2, 0.25) is 0 Å². The first kappa shape index (κ1) is 22.6. The monoisotopic (exact) mass is 591 g/mol. The molecule has 0 saturated heterocycles. The Labute approximate surface area is 200 Å². The van der Waals surface area contributed by atoms with Gasteiger partial charge in [0.25, 0.3) is 0 Å². The maximum atomic E-state index is 12.2. The molecule has 3 rings (SSSR count). The van der Waals surface area contributed by atoms with Gasteiger partial charge in [-0.3, -0.25) is 9.59 Å². The number of benzene rings is 3. The minimum absolute atomic E-state index is 0.375. The van der Waals surface area contributed by atoms with Crippen molar-refractivity contribution in [2.45, 2.75) is 0 Å². The van der Waals surface area contributed by atoms with Gasteiger partial charge >= 0.3 is 17.8 Å². The van der Waals surface area contributed by atoms with Gasteiger partial charge in [-0.25, -0.2) is 10.2 Å². The lowest BCUT2D eigenvalue weighted by Gasteiger charge is -2.06. The number of hydrogen-bond acceptors (Lipinski definition) is 5. The zero-order valence-corrected chi connectivity index (χ0v) is 19.6. The molecule has 0 radical (unpaired) electrons. The average molecular weight is 592 g/mol. The van der Waals surface area contributed by atoms with Crippen LogP contribution >= 0.6 is 38.5 Å². The van der Waals surface area contributed by atoms with Crippen molar-refractivity contribution >= 4 is 68.2 Å². The average Bonchev–Trinajstić information content (AvgIpc) is 2.76. The molecule has 0 aliphatic heterocycles. The lowest BCUT2D eigenvalue weighted by molar-refractivity contribution is -0.136. The van der Waals surface area contributed by atoms with Gasteiger partial charge in [-0.05, 0) is 88.8 Å². The fraction of sp³-hybridized carbons (Fsp3) is 0. The number of nitrogens with one attached hydrogen (secondary N) is 2. The number of hydrogen-bond donors (Lipinski definition) is 2. The molecule has 3 aromatic carbocycles. The van der Waals surface area contributed by atoms with Gasteiger partial charge < -0.3 is 10.1 Å². The number of halogens is 2. The van der Waals surface area contributed by atoms with E-state index in [9.17, 15) is 14.4 Å². The molecule has 0 spiro atoms. The van der Waals surface area contributed by atoms with E-state index in [2.05, 4.69) is 54.4 Å². The third kappa shape index (κ3) is 6.72. The van der Waals surface area contributed by atoms with Crippen LogP contribution in [0, 0.1) is 3.57 Å². The Morgan fingerprint density at radius 2 is 1.58 bits per heavy atom. The molecule has 2 N–H and O–H groups in total. The predicted octanol–water partition coefficient (Wildman–Crippen LogP) is 4.36. The number of amides is 2. The van der Waals surface area contributed by atoms with Crippen LogP contribution in [0.3, 0.4) is 0 Å². The SMILES string of the molecule is O=C(N/N=C/c1ccc(OC(=O)c2ccccc2I)cc1)C(=O)Nc1ccc(Br)cc1. The second kappa shape index (κ2) is 10.8. The van der Waals surface area contributed by atoms with Crippen LogP contribution in [0.1, 0.15) is 15.9 Å². The second-order valence-electron chi connectivity index (χ2n) is 6.10. The van der Waals surface area contributed by atoms with E-state index in [0.717, 1.165) is 8.04 Å². The number of nitrogens with zero attached hydrogens (tertiary/aromatic N) is 1. The van der Waals surface area contributed by atoms with Crippen molar-refractivity contribution in [3.63, 3.8) is 0 Å². The summed E-state index contributed by atoms with van der Waals surface area (Å²) in [5.74, 6) is -1.81. The Kier molecular flexibility index (Phi) is 7.90. The minimum Gasteiger partial charge on any atom is -0.423 e. The van der Waals surface area contributed by atoms with Crippen LogP contribution in [-0.2, 0) is 9.59 Å². The topological polar surface area (TPSA) is 96.9 Å². The molecule has 31 heavy (non-hydrogen) atoms. The maximum absolute atomic E-state index is 12.2. The van der Waals surface area contributed by atoms with Gasteiger partial charge in [-0.2, -0.15) is 5.10 Å². The van der Waals surface area contributed by atoms with Crippen LogP contribution in [-0.4, -0.2) is 24.0 Å². The first-order valence-electron chi connectivity index (χ1n) is 8.89. The van der Waals surface area contributed by atoms with E-state index in [-0.39, 0.29) is 0 Å². The summed E-state index contributed by atoms with van der Waals surface area (Å²) in [6, 6.07) is 20.5. The number of esters is 1. The highest BCUT2D eigenvalue weighted by Crippen LogP contribution is 2.17. The third-order valence-electron chi connectivity index (χ3n) is 3.87. The minimum atomic E-state index is -0.901. The highest BCUT2D eigenvalue weighted by atomic mass is 127. The molecule has 0 bridgehead atoms. The molecule has 0 saturated carbocycles. The van der Waals surface area contributed by atoms with E-state index >= 15 is 0 Å². The molecule has 0 aromatic heterocycles. The summed E-state index contributed by atoms with van der Waals surface area (Å²) in [7, 11) is 0. The maximum Gasteiger partial charge on any atom is 0.344 e. The zero-order chi connectivity index (χ0) is 22.2. The van der Waals surface area contributed by atoms with Crippen molar-refractivity contribution in [1.82, 2.24) is 5.43 Å². The Balaban J connectivity index is 1.51. The van der Waals surface area contributed by atoms with Crippen molar-refractivity contribution in [2.24, 2.45) is 5.10 Å². The molecule has 156 valence electrons. The zero-order valence-electron chi connectivity index (χ0n) is 15.8. The van der Waals surface area contributed by atoms with Crippen LogP contribution in [0.25, 0.3) is 0 Å². The standard InChI is InChI=1S/C22H15BrIN3O4/c23-15-7-9-16(10-8-15)26-20(28)21(29)27-25-13-14-5-11-17(12-6-14)31-22(30)18-3-1-2-4-19(18)24/h1-13H,(H,26,28)(H,27,29)/b25-13+. The Bertz CT molecular complexity index is 1130. The van der Waals surface area contributed by atoms with Gasteiger partial charge in [-0.1, -0.05) is 28.1 Å². The van der Waals surface area contributed by atoms with Gasteiger partial charge in [0.1, 0.15) is 5.75 Å². The van der Waals surface area contributed by atoms with Gasteiger partial charge in [0.05, 0.1) is 11.8 Å². The van der Waals surface area contributed by atoms with Gasteiger partial charge in [0.2, 0.25) is 0 Å². The third-order valence-corrected chi connectivity index (χ3v) is 5.34. The van der Waals surface area contributed by atoms with E-state index < -0.39 is 17.8 Å². The summed E-state index contributed by atoms with van der Waals surface area (Å²) in [5.41, 5.74) is 3.77. The number of rotatable bonds is 5. The fourth-order valence-electron chi connectivity index (χ4n) is 2.35. The number of hydrazone groups is 1. The molecule has 7 nitrogen and oxygen atoms in total. The van der Waals surface area contributed by atoms with E-state index in [0.29, 0.717) is 22.6 Å². The second-order valence-corrected chi connectivity index (χ2v) is 8.18. The Morgan fingerprint density at radius 1 is 0.903 bits per heavy atom. The smallest absolute Gasteiger partial charge is 0.344 e. The van der Waals surface area contributed by atoms with Crippen molar-refractivity contribution in [2.75, 3.05) is 5.32 Å². The van der Waals surface area contributed by atoms with Crippen molar-refractivity contribution in [3.05, 3.63) is 92.0 Å². The van der Waals surface area contributed by atoms with Gasteiger partial charge in [0.15, 0.2) is 0 Å². The normalized spacial score (nSPS) is 10.5. The molecular weight excluding hydrogens is 577 g/mol. The highest BCUT2D eigenvalue weighted by Gasteiger charge is 2.13. The quantitative estimate of drug-likeness (QED) is 0.115. The fourth-order valence-corrected chi connectivity index (χ4v) is 3.22. The summed E-state index contributed by atoms with van der Waals surface area (Å²) in [5, 5.41) is 6.23. The number of anilines is 1. The number of ether oxygens (including phenoxy) is 1. The molecule has 0 fully saturated rings. The molecule has 0 aliphatic carbocycles. The largest absolute Gasteiger partial charge is 0.423 e. The lowest BCUT2D eigenvalue weighted by atomic mass is 10.2. The molecule has 2 amide bonds. The Morgan fingerprint density at radius 3 is 2.26 bits per heavy atom. The summed E-state index contributed by atoms with van der Waals surface area (Å²) in [4.78, 5) is 35.9. The highest BCUT2D eigenvalue weighted by molar-refractivity contribution is 14.1. The predicted molar refractivity (Wildman–Crippen MR) is 129 cm³/mol. The first-order valence-corrected chi connectivity index (χ1v) is 10.8. The van der Waals surface area contributed by atoms with Crippen molar-refractivity contribution in [3.8, 4) is 5.75 Å². The van der Waals surface area contributed by atoms with Crippen molar-refractivity contribution in [1.29, 1.82) is 0 Å². The van der Waals surface area contributed by atoms with Crippen LogP contribution in [0.15, 0.2) is 82.4 Å². The summed E-state index contributed by atoms with van der Waals surface area (Å²) >= 11 is 5.36. The summed E-state index contributed by atoms with van der Waals surface area (Å²) in [6.45, 7) is 0. The molecule has 0 aliphatic rings. The van der Waals surface area contributed by atoms with Gasteiger partial charge in [0, 0.05) is 13.7 Å². The van der Waals surface area contributed by atoms with Crippen LogP contribution < -0.4 is 15.5 Å². The summed E-state index contributed by atoms with van der Waals surface area (Å²) in [6.07, 6.45) is 1.37. The molecule has 0 heterocycles. The van der Waals surface area contributed by atoms with Gasteiger partial charge in [-0.15, -0.1) is 0 Å². The van der Waals surface area contributed by atoms with Crippen LogP contribution in [0.4, 0.5) is 5.69 Å². The van der Waals surface area contributed by atoms with E-state index in [4.69, 9.17) is 4.74 Å². The molecule has 0 atom stereocenters. The first-order chi connectivity index (χ1) is 14.9. The van der Waals surface area contributed by atoms with Crippen LogP contribution in [0.5, 0.6) is 5.75 Å². The lowest BCUT2D eigenvalue weighted by Crippen LogP contribution is -2.32. The number of carbonyl (C=O) groups is 3. The summed E-state index contributed by atoms with van der Waals surface area (Å²) < 4.78 is 7.02. The van der Waals surface area contributed by atoms with E-state index in [1.54, 1.807) is 60.7 Å². The molecule has 9 heteroatoms. The molecule has 3 aromatic rings. The number of carbonyl (C=O) groups excluding carboxylic acids is 3. The molecule has 0 unspecified atom stereocenters. The van der Waals surface area contributed by atoms with Crippen molar-refractivity contribution < 1.29 is 19.1 Å². The van der Waals surface area contributed by atoms with E-state index in [1.807, 2.05) is 12.1 Å².